The molecule has 0 radical (unpaired) electrons. The van der Waals surface area contributed by atoms with E-state index in [9.17, 15) is 9.59 Å². The van der Waals surface area contributed by atoms with Gasteiger partial charge in [0.15, 0.2) is 0 Å². The summed E-state index contributed by atoms with van der Waals surface area (Å²) in [6.45, 7) is 7.51. The second-order valence-corrected chi connectivity index (χ2v) is 7.84. The van der Waals surface area contributed by atoms with Gasteiger partial charge in [0.25, 0.3) is 0 Å². The van der Waals surface area contributed by atoms with Crippen LogP contribution in [-0.4, -0.2) is 43.8 Å². The largest absolute Gasteiger partial charge is 0.468 e. The number of esters is 1. The Kier molecular flexibility index (Phi) is 6.20. The van der Waals surface area contributed by atoms with Crippen molar-refractivity contribution in [1.82, 2.24) is 4.90 Å². The van der Waals surface area contributed by atoms with Gasteiger partial charge < -0.3 is 13.9 Å². The molecule has 0 spiro atoms. The molecule has 1 aliphatic rings. The highest BCUT2D eigenvalue weighted by Crippen LogP contribution is 2.29. The lowest BCUT2D eigenvalue weighted by atomic mass is 9.94. The van der Waals surface area contributed by atoms with Crippen LogP contribution in [0.5, 0.6) is 0 Å². The Labute approximate surface area is 165 Å². The minimum Gasteiger partial charge on any atom is -0.468 e. The zero-order valence-electron chi connectivity index (χ0n) is 17.3. The molecule has 0 bridgehead atoms. The maximum absolute atomic E-state index is 12.3. The van der Waals surface area contributed by atoms with Gasteiger partial charge in [-0.25, -0.2) is 4.79 Å². The number of rotatable bonds is 5. The molecule has 0 amide bonds. The van der Waals surface area contributed by atoms with Gasteiger partial charge in [-0.2, -0.15) is 0 Å². The molecule has 1 saturated heterocycles. The van der Waals surface area contributed by atoms with E-state index in [2.05, 4.69) is 24.8 Å². The minimum atomic E-state index is -0.388. The SMILES string of the molecule is COC(=O)[C@H]1C[C@@H](OC)CCN1Cc1cc(=O)oc2cc(C)c(C(C)C)cc12. The average molecular weight is 387 g/mol. The number of carbonyl (C=O) groups is 1. The summed E-state index contributed by atoms with van der Waals surface area (Å²) < 4.78 is 15.9. The maximum atomic E-state index is 12.3. The summed E-state index contributed by atoms with van der Waals surface area (Å²) >= 11 is 0. The second kappa shape index (κ2) is 8.45. The molecule has 6 heteroatoms. The predicted octanol–water partition coefficient (Wildman–Crippen LogP) is 3.38. The van der Waals surface area contributed by atoms with Gasteiger partial charge in [0.2, 0.25) is 0 Å². The third-order valence-corrected chi connectivity index (χ3v) is 5.68. The predicted molar refractivity (Wildman–Crippen MR) is 108 cm³/mol. The number of likely N-dealkylation sites (tertiary alicyclic amines) is 1. The molecular weight excluding hydrogens is 358 g/mol. The Hall–Kier alpha value is -2.18. The van der Waals surface area contributed by atoms with Crippen LogP contribution in [0.3, 0.4) is 0 Å². The van der Waals surface area contributed by atoms with Crippen molar-refractivity contribution in [2.75, 3.05) is 20.8 Å². The smallest absolute Gasteiger partial charge is 0.336 e. The van der Waals surface area contributed by atoms with Gasteiger partial charge in [-0.15, -0.1) is 0 Å². The summed E-state index contributed by atoms with van der Waals surface area (Å²) in [6.07, 6.45) is 1.45. The van der Waals surface area contributed by atoms with E-state index >= 15 is 0 Å². The van der Waals surface area contributed by atoms with E-state index in [1.165, 1.54) is 12.7 Å². The minimum absolute atomic E-state index is 0.0353. The highest BCUT2D eigenvalue weighted by Gasteiger charge is 2.34. The van der Waals surface area contributed by atoms with E-state index in [0.717, 1.165) is 22.9 Å². The number of benzene rings is 1. The number of nitrogens with zero attached hydrogens (tertiary/aromatic N) is 1. The number of fused-ring (bicyclic) bond motifs is 1. The average Bonchev–Trinajstić information content (AvgIpc) is 2.66. The van der Waals surface area contributed by atoms with Gasteiger partial charge >= 0.3 is 11.6 Å². The van der Waals surface area contributed by atoms with Crippen LogP contribution in [0.1, 0.15) is 49.3 Å². The maximum Gasteiger partial charge on any atom is 0.336 e. The summed E-state index contributed by atoms with van der Waals surface area (Å²) in [5, 5.41) is 0.923. The van der Waals surface area contributed by atoms with E-state index in [0.29, 0.717) is 31.0 Å². The number of piperidine rings is 1. The van der Waals surface area contributed by atoms with Crippen molar-refractivity contribution < 1.29 is 18.7 Å². The first-order valence-electron chi connectivity index (χ1n) is 9.76. The normalized spacial score (nSPS) is 20.6. The molecule has 2 aromatic rings. The van der Waals surface area contributed by atoms with E-state index < -0.39 is 0 Å². The first kappa shape index (κ1) is 20.6. The van der Waals surface area contributed by atoms with Gasteiger partial charge in [0.1, 0.15) is 11.6 Å². The molecule has 0 N–H and O–H groups in total. The fourth-order valence-corrected chi connectivity index (χ4v) is 4.13. The van der Waals surface area contributed by atoms with Crippen LogP contribution >= 0.6 is 0 Å². The number of hydrogen-bond donors (Lipinski definition) is 0. The fourth-order valence-electron chi connectivity index (χ4n) is 4.13. The quantitative estimate of drug-likeness (QED) is 0.579. The Morgan fingerprint density at radius 1 is 1.29 bits per heavy atom. The van der Waals surface area contributed by atoms with Gasteiger partial charge in [-0.05, 0) is 54.5 Å². The van der Waals surface area contributed by atoms with E-state index in [1.807, 2.05) is 13.0 Å². The molecule has 2 atom stereocenters. The lowest BCUT2D eigenvalue weighted by molar-refractivity contribution is -0.151. The fraction of sp³-hybridized carbons (Fsp3) is 0.545. The van der Waals surface area contributed by atoms with Crippen molar-refractivity contribution in [3.8, 4) is 0 Å². The van der Waals surface area contributed by atoms with Gasteiger partial charge in [-0.3, -0.25) is 9.69 Å². The Bertz CT molecular complexity index is 917. The van der Waals surface area contributed by atoms with Gasteiger partial charge in [-0.1, -0.05) is 13.8 Å². The van der Waals surface area contributed by atoms with E-state index in [-0.39, 0.29) is 23.7 Å². The molecule has 152 valence electrons. The Balaban J connectivity index is 2.01. The molecule has 1 fully saturated rings. The zero-order valence-corrected chi connectivity index (χ0v) is 17.3. The van der Waals surface area contributed by atoms with Crippen LogP contribution in [0.4, 0.5) is 0 Å². The number of aryl methyl sites for hydroxylation is 1. The van der Waals surface area contributed by atoms with Crippen LogP contribution in [0.2, 0.25) is 0 Å². The van der Waals surface area contributed by atoms with E-state index in [4.69, 9.17) is 13.9 Å². The highest BCUT2D eigenvalue weighted by molar-refractivity contribution is 5.82. The highest BCUT2D eigenvalue weighted by atomic mass is 16.5. The summed E-state index contributed by atoms with van der Waals surface area (Å²) in [5.41, 5.74) is 3.42. The van der Waals surface area contributed by atoms with Crippen LogP contribution in [-0.2, 0) is 20.8 Å². The molecule has 0 aliphatic carbocycles. The molecule has 1 aromatic heterocycles. The zero-order chi connectivity index (χ0) is 20.4. The van der Waals surface area contributed by atoms with Gasteiger partial charge in [0.05, 0.1) is 13.2 Å². The standard InChI is InChI=1S/C22H29NO5/c1-13(2)17-11-18-15(9-21(24)28-20(18)8-14(17)3)12-23-7-6-16(26-4)10-19(23)22(25)27-5/h8-9,11,13,16,19H,6-7,10,12H2,1-5H3/t16-,19+/m0/s1. The van der Waals surface area contributed by atoms with Crippen molar-refractivity contribution in [2.24, 2.45) is 0 Å². The number of carbonyl (C=O) groups excluding carboxylic acids is 1. The van der Waals surface area contributed by atoms with Gasteiger partial charge in [0, 0.05) is 31.7 Å². The van der Waals surface area contributed by atoms with Crippen LogP contribution in [0, 0.1) is 6.92 Å². The van der Waals surface area contributed by atoms with Crippen molar-refractivity contribution in [1.29, 1.82) is 0 Å². The van der Waals surface area contributed by atoms with Crippen LogP contribution in [0.25, 0.3) is 11.0 Å². The first-order valence-corrected chi connectivity index (χ1v) is 9.76. The van der Waals surface area contributed by atoms with Crippen molar-refractivity contribution in [2.45, 2.75) is 58.2 Å². The number of hydrogen-bond acceptors (Lipinski definition) is 6. The molecule has 6 nitrogen and oxygen atoms in total. The summed E-state index contributed by atoms with van der Waals surface area (Å²) in [7, 11) is 3.07. The van der Waals surface area contributed by atoms with E-state index in [1.54, 1.807) is 13.2 Å². The van der Waals surface area contributed by atoms with Crippen LogP contribution in [0.15, 0.2) is 27.4 Å². The molecule has 0 saturated carbocycles. The molecular formula is C22H29NO5. The summed E-state index contributed by atoms with van der Waals surface area (Å²) in [6, 6.07) is 5.20. The van der Waals surface area contributed by atoms with Crippen LogP contribution < -0.4 is 5.63 Å². The molecule has 28 heavy (non-hydrogen) atoms. The molecule has 1 aromatic carbocycles. The third kappa shape index (κ3) is 4.13. The number of ether oxygens (including phenoxy) is 2. The summed E-state index contributed by atoms with van der Waals surface area (Å²) in [4.78, 5) is 26.6. The molecule has 0 unspecified atom stereocenters. The summed E-state index contributed by atoms with van der Waals surface area (Å²) in [5.74, 6) is 0.0946. The Morgan fingerprint density at radius 2 is 2.04 bits per heavy atom. The first-order chi connectivity index (χ1) is 13.3. The van der Waals surface area contributed by atoms with Crippen molar-refractivity contribution >= 4 is 16.9 Å². The number of methoxy groups -OCH3 is 2. The topological polar surface area (TPSA) is 69.0 Å². The Morgan fingerprint density at radius 3 is 2.68 bits per heavy atom. The molecule has 2 heterocycles. The lowest BCUT2D eigenvalue weighted by Crippen LogP contribution is -2.49. The molecule has 1 aliphatic heterocycles. The molecule has 3 rings (SSSR count). The lowest BCUT2D eigenvalue weighted by Gasteiger charge is -2.37. The second-order valence-electron chi connectivity index (χ2n) is 7.84. The van der Waals surface area contributed by atoms with Crippen molar-refractivity contribution in [3.63, 3.8) is 0 Å². The monoisotopic (exact) mass is 387 g/mol. The third-order valence-electron chi connectivity index (χ3n) is 5.68. The van der Waals surface area contributed by atoms with Crippen molar-refractivity contribution in [3.05, 3.63) is 45.3 Å².